The van der Waals surface area contributed by atoms with Gasteiger partial charge in [-0.25, -0.2) is 0 Å². The second kappa shape index (κ2) is 10.5. The minimum atomic E-state index is -1.61. The molecule has 5 aliphatic carbocycles. The van der Waals surface area contributed by atoms with Crippen molar-refractivity contribution in [2.45, 2.75) is 149 Å². The van der Waals surface area contributed by atoms with Gasteiger partial charge in [0.1, 0.15) is 24.4 Å². The van der Waals surface area contributed by atoms with Crippen molar-refractivity contribution < 1.29 is 39.8 Å². The van der Waals surface area contributed by atoms with Crippen molar-refractivity contribution in [3.05, 3.63) is 11.6 Å². The maximum Gasteiger partial charge on any atom is 0.315 e. The smallest absolute Gasteiger partial charge is 0.315 e. The van der Waals surface area contributed by atoms with Crippen LogP contribution in [-0.2, 0) is 14.3 Å². The van der Waals surface area contributed by atoms with Crippen LogP contribution in [0.25, 0.3) is 0 Å². The van der Waals surface area contributed by atoms with E-state index < -0.39 is 48.7 Å². The standard InChI is InChI=1S/C36H58O8/c1-31(2)14-16-36(30(42)44-29-28(41)27(40)26(39)22(19-37)43-29)17-15-34(6)20(21(36)18-31)8-9-24-33(5)12-11-25(38)32(3,4)23(33)10-13-35(24,34)7/h8,21-29,37-41H,9-19H2,1-7H3/t21-,22+,23-,24+,25-,26-,27-,28+,29-,33-,34+,35+,36-/m0/s1. The number of carbonyl (C=O) groups is 1. The maximum absolute atomic E-state index is 14.4. The van der Waals surface area contributed by atoms with E-state index in [1.807, 2.05) is 0 Å². The quantitative estimate of drug-likeness (QED) is 0.231. The molecule has 13 atom stereocenters. The third-order valence-corrected chi connectivity index (χ3v) is 15.1. The number of allylic oxidation sites excluding steroid dienone is 2. The summed E-state index contributed by atoms with van der Waals surface area (Å²) in [6, 6.07) is 0. The van der Waals surface area contributed by atoms with Gasteiger partial charge in [-0.3, -0.25) is 4.79 Å². The number of hydrogen-bond acceptors (Lipinski definition) is 8. The summed E-state index contributed by atoms with van der Waals surface area (Å²) in [5, 5.41) is 52.0. The van der Waals surface area contributed by atoms with Gasteiger partial charge in [0.2, 0.25) is 6.29 Å². The van der Waals surface area contributed by atoms with E-state index in [1.165, 1.54) is 5.57 Å². The lowest BCUT2D eigenvalue weighted by atomic mass is 9.33. The number of hydrogen-bond donors (Lipinski definition) is 5. The summed E-state index contributed by atoms with van der Waals surface area (Å²) in [6.45, 7) is 16.1. The molecule has 0 aromatic carbocycles. The summed E-state index contributed by atoms with van der Waals surface area (Å²) in [5.74, 6) is 0.561. The summed E-state index contributed by atoms with van der Waals surface area (Å²) < 4.78 is 11.6. The third kappa shape index (κ3) is 4.40. The molecule has 5 N–H and O–H groups in total. The van der Waals surface area contributed by atoms with E-state index in [9.17, 15) is 30.3 Å². The van der Waals surface area contributed by atoms with Crippen LogP contribution >= 0.6 is 0 Å². The van der Waals surface area contributed by atoms with E-state index in [0.717, 1.165) is 51.4 Å². The van der Waals surface area contributed by atoms with Gasteiger partial charge in [-0.05, 0) is 109 Å². The molecule has 6 aliphatic rings. The van der Waals surface area contributed by atoms with Crippen LogP contribution in [-0.4, -0.2) is 74.9 Å². The van der Waals surface area contributed by atoms with Crippen molar-refractivity contribution in [2.75, 3.05) is 6.61 Å². The van der Waals surface area contributed by atoms with Crippen LogP contribution in [0.15, 0.2) is 11.6 Å². The molecule has 8 heteroatoms. The maximum atomic E-state index is 14.4. The molecule has 0 aromatic heterocycles. The van der Waals surface area contributed by atoms with Crippen LogP contribution in [0.1, 0.15) is 113 Å². The van der Waals surface area contributed by atoms with Crippen LogP contribution in [0.4, 0.5) is 0 Å². The van der Waals surface area contributed by atoms with E-state index in [4.69, 9.17) is 9.47 Å². The molecule has 44 heavy (non-hydrogen) atoms. The average molecular weight is 619 g/mol. The number of carbonyl (C=O) groups excluding carboxylic acids is 1. The molecular weight excluding hydrogens is 560 g/mol. The summed E-state index contributed by atoms with van der Waals surface area (Å²) in [6.07, 6.45) is 4.05. The molecular formula is C36H58O8. The first-order valence-corrected chi connectivity index (χ1v) is 17.3. The van der Waals surface area contributed by atoms with Gasteiger partial charge in [-0.1, -0.05) is 60.1 Å². The monoisotopic (exact) mass is 618 g/mol. The van der Waals surface area contributed by atoms with Crippen molar-refractivity contribution in [1.82, 2.24) is 0 Å². The Morgan fingerprint density at radius 3 is 2.23 bits per heavy atom. The Bertz CT molecular complexity index is 1180. The van der Waals surface area contributed by atoms with Crippen LogP contribution < -0.4 is 0 Å². The summed E-state index contributed by atoms with van der Waals surface area (Å²) in [4.78, 5) is 14.4. The van der Waals surface area contributed by atoms with Crippen LogP contribution in [0, 0.1) is 50.2 Å². The summed E-state index contributed by atoms with van der Waals surface area (Å²) in [5.41, 5.74) is 0.719. The topological polar surface area (TPSA) is 137 Å². The molecule has 0 unspecified atom stereocenters. The highest BCUT2D eigenvalue weighted by atomic mass is 16.7. The lowest BCUT2D eigenvalue weighted by molar-refractivity contribution is -0.297. The molecule has 1 saturated heterocycles. The van der Waals surface area contributed by atoms with Crippen LogP contribution in [0.3, 0.4) is 0 Å². The van der Waals surface area contributed by atoms with Crippen LogP contribution in [0.2, 0.25) is 0 Å². The fourth-order valence-corrected chi connectivity index (χ4v) is 12.0. The SMILES string of the molecule is CC1(C)CC[C@]2(C(=O)O[C@@H]3O[C@H](CO)[C@H](O)[C@H](O)[C@H]3O)CC[C@]3(C)C(=CC[C@@H]4[C@@]5(C)CC[C@H](O)C(C)(C)[C@@H]5CC[C@]43C)[C@@H]2C1. The van der Waals surface area contributed by atoms with Gasteiger partial charge in [-0.2, -0.15) is 0 Å². The Hall–Kier alpha value is -1.03. The highest BCUT2D eigenvalue weighted by molar-refractivity contribution is 5.79. The minimum Gasteiger partial charge on any atom is -0.432 e. The van der Waals surface area contributed by atoms with Gasteiger partial charge in [0.25, 0.3) is 0 Å². The summed E-state index contributed by atoms with van der Waals surface area (Å²) in [7, 11) is 0. The molecule has 5 fully saturated rings. The zero-order valence-corrected chi connectivity index (χ0v) is 28.0. The number of aliphatic hydroxyl groups is 5. The molecule has 1 aliphatic heterocycles. The van der Waals surface area contributed by atoms with Gasteiger partial charge in [-0.15, -0.1) is 0 Å². The zero-order chi connectivity index (χ0) is 32.3. The Morgan fingerprint density at radius 1 is 0.864 bits per heavy atom. The molecule has 8 nitrogen and oxygen atoms in total. The van der Waals surface area contributed by atoms with E-state index in [-0.39, 0.29) is 39.1 Å². The lowest BCUT2D eigenvalue weighted by Gasteiger charge is -2.71. The Labute approximate surface area is 263 Å². The van der Waals surface area contributed by atoms with Crippen molar-refractivity contribution in [2.24, 2.45) is 50.2 Å². The predicted octanol–water partition coefficient (Wildman–Crippen LogP) is 4.49. The lowest BCUT2D eigenvalue weighted by Crippen LogP contribution is -2.65. The molecule has 0 aromatic rings. The van der Waals surface area contributed by atoms with Gasteiger partial charge < -0.3 is 35.0 Å². The average Bonchev–Trinajstić information content (AvgIpc) is 2.95. The molecule has 0 radical (unpaired) electrons. The van der Waals surface area contributed by atoms with Crippen molar-refractivity contribution in [3.63, 3.8) is 0 Å². The van der Waals surface area contributed by atoms with Crippen molar-refractivity contribution in [3.8, 4) is 0 Å². The first-order valence-electron chi connectivity index (χ1n) is 17.3. The second-order valence-electron chi connectivity index (χ2n) is 17.8. The first-order chi connectivity index (χ1) is 20.4. The van der Waals surface area contributed by atoms with E-state index in [0.29, 0.717) is 24.7 Å². The molecule has 250 valence electrons. The molecule has 1 heterocycles. The van der Waals surface area contributed by atoms with E-state index >= 15 is 0 Å². The molecule has 6 rings (SSSR count). The normalized spacial score (nSPS) is 52.8. The van der Waals surface area contributed by atoms with Gasteiger partial charge in [0, 0.05) is 0 Å². The Morgan fingerprint density at radius 2 is 1.55 bits per heavy atom. The summed E-state index contributed by atoms with van der Waals surface area (Å²) >= 11 is 0. The van der Waals surface area contributed by atoms with Gasteiger partial charge in [0.05, 0.1) is 18.1 Å². The fourth-order valence-electron chi connectivity index (χ4n) is 12.0. The van der Waals surface area contributed by atoms with Crippen molar-refractivity contribution >= 4 is 5.97 Å². The highest BCUT2D eigenvalue weighted by Crippen LogP contribution is 2.75. The fraction of sp³-hybridized carbons (Fsp3) is 0.917. The third-order valence-electron chi connectivity index (χ3n) is 15.1. The van der Waals surface area contributed by atoms with Gasteiger partial charge in [0.15, 0.2) is 0 Å². The van der Waals surface area contributed by atoms with E-state index in [2.05, 4.69) is 54.5 Å². The first kappa shape index (κ1) is 32.9. The predicted molar refractivity (Wildman–Crippen MR) is 165 cm³/mol. The molecule has 4 saturated carbocycles. The number of fused-ring (bicyclic) bond motifs is 7. The van der Waals surface area contributed by atoms with Crippen LogP contribution in [0.5, 0.6) is 0 Å². The number of esters is 1. The van der Waals surface area contributed by atoms with E-state index in [1.54, 1.807) is 0 Å². The second-order valence-corrected chi connectivity index (χ2v) is 17.8. The highest BCUT2D eigenvalue weighted by Gasteiger charge is 2.69. The Kier molecular flexibility index (Phi) is 7.84. The van der Waals surface area contributed by atoms with Crippen molar-refractivity contribution in [1.29, 1.82) is 0 Å². The Balaban J connectivity index is 1.35. The largest absolute Gasteiger partial charge is 0.432 e. The zero-order valence-electron chi connectivity index (χ0n) is 28.0. The number of aliphatic hydroxyl groups excluding tert-OH is 5. The van der Waals surface area contributed by atoms with Gasteiger partial charge >= 0.3 is 5.97 Å². The molecule has 0 spiro atoms. The number of ether oxygens (including phenoxy) is 2. The molecule has 0 amide bonds. The minimum absolute atomic E-state index is 0.00434. The molecule has 0 bridgehead atoms. The number of rotatable bonds is 3.